The number of benzene rings is 1. The van der Waals surface area contributed by atoms with Crippen LogP contribution in [0.2, 0.25) is 5.02 Å². The number of carboxylic acid groups (broad SMARTS) is 1. The molecular formula is C15H13ClFN3O3. The van der Waals surface area contributed by atoms with Crippen molar-refractivity contribution in [2.75, 3.05) is 13.1 Å². The van der Waals surface area contributed by atoms with Crippen LogP contribution >= 0.6 is 11.6 Å². The third-order valence-corrected chi connectivity index (χ3v) is 4.09. The fraction of sp³-hybridized carbons (Fsp3) is 0.267. The van der Waals surface area contributed by atoms with Crippen molar-refractivity contribution < 1.29 is 19.1 Å². The summed E-state index contributed by atoms with van der Waals surface area (Å²) in [7, 11) is 0. The first kappa shape index (κ1) is 15.5. The van der Waals surface area contributed by atoms with Gasteiger partial charge in [-0.1, -0.05) is 23.7 Å². The minimum atomic E-state index is -2.38. The molecule has 120 valence electrons. The molecule has 1 amide bonds. The number of carbonyl (C=O) groups excluding carboxylic acids is 1. The van der Waals surface area contributed by atoms with Crippen LogP contribution < -0.4 is 0 Å². The lowest BCUT2D eigenvalue weighted by Crippen LogP contribution is -2.39. The average Bonchev–Trinajstić information content (AvgIpc) is 3.15. The Morgan fingerprint density at radius 3 is 2.65 bits per heavy atom. The summed E-state index contributed by atoms with van der Waals surface area (Å²) in [4.78, 5) is 24.4. The number of likely N-dealkylation sites (tertiary alicyclic amines) is 1. The number of aliphatic carboxylic acids is 1. The predicted molar refractivity (Wildman–Crippen MR) is 81.0 cm³/mol. The van der Waals surface area contributed by atoms with E-state index >= 15 is 0 Å². The smallest absolute Gasteiger partial charge is 0.343 e. The lowest BCUT2D eigenvalue weighted by Gasteiger charge is -2.16. The van der Waals surface area contributed by atoms with Crippen LogP contribution in [-0.2, 0) is 4.79 Å². The zero-order valence-electron chi connectivity index (χ0n) is 11.9. The van der Waals surface area contributed by atoms with Crippen LogP contribution in [0, 0.1) is 0 Å². The lowest BCUT2D eigenvalue weighted by molar-refractivity contribution is -0.149. The maximum atomic E-state index is 14.0. The molecule has 0 bridgehead atoms. The van der Waals surface area contributed by atoms with Gasteiger partial charge in [-0.25, -0.2) is 9.18 Å². The molecule has 2 N–H and O–H groups in total. The summed E-state index contributed by atoms with van der Waals surface area (Å²) in [6.07, 6.45) is -0.216. The normalized spacial score (nSPS) is 20.7. The number of carboxylic acids is 1. The highest BCUT2D eigenvalue weighted by Crippen LogP contribution is 2.27. The fourth-order valence-corrected chi connectivity index (χ4v) is 2.62. The summed E-state index contributed by atoms with van der Waals surface area (Å²) in [5.74, 6) is -2.02. The average molecular weight is 338 g/mol. The van der Waals surface area contributed by atoms with Gasteiger partial charge in [0.05, 0.1) is 12.2 Å². The van der Waals surface area contributed by atoms with Gasteiger partial charge in [-0.2, -0.15) is 5.10 Å². The topological polar surface area (TPSA) is 86.3 Å². The van der Waals surface area contributed by atoms with Gasteiger partial charge >= 0.3 is 5.97 Å². The number of aromatic nitrogens is 2. The van der Waals surface area contributed by atoms with Gasteiger partial charge in [-0.15, -0.1) is 0 Å². The van der Waals surface area contributed by atoms with Gasteiger partial charge in [0.1, 0.15) is 5.69 Å². The van der Waals surface area contributed by atoms with Crippen LogP contribution in [-0.4, -0.2) is 50.8 Å². The Morgan fingerprint density at radius 1 is 1.35 bits per heavy atom. The number of aromatic amines is 1. The van der Waals surface area contributed by atoms with Crippen molar-refractivity contribution in [3.05, 3.63) is 41.0 Å². The van der Waals surface area contributed by atoms with Crippen molar-refractivity contribution in [2.24, 2.45) is 0 Å². The highest BCUT2D eigenvalue weighted by atomic mass is 35.5. The summed E-state index contributed by atoms with van der Waals surface area (Å²) < 4.78 is 14.0. The molecule has 1 fully saturated rings. The number of hydrogen-bond acceptors (Lipinski definition) is 3. The van der Waals surface area contributed by atoms with Gasteiger partial charge in [0.2, 0.25) is 5.67 Å². The van der Waals surface area contributed by atoms with E-state index in [1.165, 1.54) is 4.90 Å². The van der Waals surface area contributed by atoms with E-state index in [0.29, 0.717) is 10.7 Å². The van der Waals surface area contributed by atoms with Gasteiger partial charge in [-0.3, -0.25) is 9.89 Å². The highest BCUT2D eigenvalue weighted by Gasteiger charge is 2.47. The summed E-state index contributed by atoms with van der Waals surface area (Å²) >= 11 is 5.82. The van der Waals surface area contributed by atoms with Crippen LogP contribution in [0.5, 0.6) is 0 Å². The van der Waals surface area contributed by atoms with E-state index in [1.54, 1.807) is 30.3 Å². The minimum Gasteiger partial charge on any atom is -0.479 e. The summed E-state index contributed by atoms with van der Waals surface area (Å²) in [5.41, 5.74) is -0.871. The number of nitrogens with one attached hydrogen (secondary N) is 1. The van der Waals surface area contributed by atoms with Crippen LogP contribution in [0.15, 0.2) is 30.3 Å². The van der Waals surface area contributed by atoms with Crippen LogP contribution in [0.1, 0.15) is 16.9 Å². The van der Waals surface area contributed by atoms with Gasteiger partial charge in [0.25, 0.3) is 5.91 Å². The zero-order valence-corrected chi connectivity index (χ0v) is 12.7. The van der Waals surface area contributed by atoms with Crippen molar-refractivity contribution in [1.29, 1.82) is 0 Å². The maximum Gasteiger partial charge on any atom is 0.343 e. The Labute approximate surface area is 135 Å². The molecule has 0 saturated carbocycles. The second kappa shape index (κ2) is 5.66. The molecule has 23 heavy (non-hydrogen) atoms. The molecule has 0 aliphatic carbocycles. The Kier molecular flexibility index (Phi) is 3.81. The molecule has 1 aliphatic rings. The van der Waals surface area contributed by atoms with Gasteiger partial charge in [0, 0.05) is 23.6 Å². The van der Waals surface area contributed by atoms with E-state index in [4.69, 9.17) is 16.7 Å². The number of rotatable bonds is 3. The van der Waals surface area contributed by atoms with Crippen molar-refractivity contribution in [1.82, 2.24) is 15.1 Å². The third kappa shape index (κ3) is 2.92. The van der Waals surface area contributed by atoms with Crippen molar-refractivity contribution in [2.45, 2.75) is 12.1 Å². The molecule has 1 saturated heterocycles. The molecule has 6 nitrogen and oxygen atoms in total. The molecule has 0 radical (unpaired) electrons. The second-order valence-corrected chi connectivity index (χ2v) is 5.86. The van der Waals surface area contributed by atoms with E-state index in [9.17, 15) is 14.0 Å². The second-order valence-electron chi connectivity index (χ2n) is 5.42. The van der Waals surface area contributed by atoms with Crippen molar-refractivity contribution >= 4 is 23.5 Å². The molecule has 0 spiro atoms. The molecule has 2 heterocycles. The van der Waals surface area contributed by atoms with Crippen molar-refractivity contribution in [3.63, 3.8) is 0 Å². The SMILES string of the molecule is O=C(c1cc(-c2ccc(Cl)cc2)n[nH]1)N1CCC(F)(C(=O)O)C1. The molecular weight excluding hydrogens is 325 g/mol. The fourth-order valence-electron chi connectivity index (χ4n) is 2.49. The summed E-state index contributed by atoms with van der Waals surface area (Å²) in [6, 6.07) is 8.49. The molecule has 1 atom stereocenters. The first-order valence-corrected chi connectivity index (χ1v) is 7.30. The molecule has 1 unspecified atom stereocenters. The molecule has 1 aromatic heterocycles. The van der Waals surface area contributed by atoms with Crippen LogP contribution in [0.4, 0.5) is 4.39 Å². The van der Waals surface area contributed by atoms with E-state index in [1.807, 2.05) is 0 Å². The number of halogens is 2. The number of alkyl halides is 1. The van der Waals surface area contributed by atoms with Gasteiger partial charge < -0.3 is 10.0 Å². The summed E-state index contributed by atoms with van der Waals surface area (Å²) in [6.45, 7) is -0.409. The van der Waals surface area contributed by atoms with E-state index in [-0.39, 0.29) is 18.7 Å². The highest BCUT2D eigenvalue weighted by molar-refractivity contribution is 6.30. The Hall–Kier alpha value is -2.41. The number of nitrogens with zero attached hydrogens (tertiary/aromatic N) is 2. The quantitative estimate of drug-likeness (QED) is 0.900. The van der Waals surface area contributed by atoms with Crippen molar-refractivity contribution in [3.8, 4) is 11.3 Å². The molecule has 2 aromatic rings. The van der Waals surface area contributed by atoms with Gasteiger partial charge in [0.15, 0.2) is 0 Å². The first-order valence-electron chi connectivity index (χ1n) is 6.92. The largest absolute Gasteiger partial charge is 0.479 e. The number of H-pyrrole nitrogens is 1. The lowest BCUT2D eigenvalue weighted by atomic mass is 10.1. The van der Waals surface area contributed by atoms with Gasteiger partial charge in [-0.05, 0) is 18.2 Å². The Bertz CT molecular complexity index is 762. The number of hydrogen-bond donors (Lipinski definition) is 2. The van der Waals surface area contributed by atoms with Crippen LogP contribution in [0.25, 0.3) is 11.3 Å². The third-order valence-electron chi connectivity index (χ3n) is 3.84. The summed E-state index contributed by atoms with van der Waals surface area (Å²) in [5, 5.41) is 16.1. The molecule has 8 heteroatoms. The zero-order chi connectivity index (χ0) is 16.6. The molecule has 3 rings (SSSR count). The first-order chi connectivity index (χ1) is 10.9. The maximum absolute atomic E-state index is 14.0. The van der Waals surface area contributed by atoms with Crippen LogP contribution in [0.3, 0.4) is 0 Å². The number of amides is 1. The standard InChI is InChI=1S/C15H13ClFN3O3/c16-10-3-1-9(2-4-10)11-7-12(19-18-11)13(21)20-6-5-15(17,8-20)14(22)23/h1-4,7H,5-6,8H2,(H,18,19)(H,22,23). The number of carbonyl (C=O) groups is 2. The Balaban J connectivity index is 1.77. The van der Waals surface area contributed by atoms with E-state index in [0.717, 1.165) is 5.56 Å². The Morgan fingerprint density at radius 2 is 2.04 bits per heavy atom. The minimum absolute atomic E-state index is 0.0525. The predicted octanol–water partition coefficient (Wildman–Crippen LogP) is 2.37. The monoisotopic (exact) mass is 337 g/mol. The molecule has 1 aliphatic heterocycles. The van der Waals surface area contributed by atoms with E-state index in [2.05, 4.69) is 10.2 Å². The van der Waals surface area contributed by atoms with E-state index < -0.39 is 24.1 Å². The molecule has 1 aromatic carbocycles.